The van der Waals surface area contributed by atoms with Gasteiger partial charge < -0.3 is 20.3 Å². The zero-order valence-electron chi connectivity index (χ0n) is 21.3. The second-order valence-corrected chi connectivity index (χ2v) is 10.8. The number of hydrogen-bond donors (Lipinski definition) is 2. The van der Waals surface area contributed by atoms with Crippen LogP contribution in [0.2, 0.25) is 0 Å². The van der Waals surface area contributed by atoms with Crippen LogP contribution in [0.1, 0.15) is 34.2 Å². The number of likely N-dealkylation sites (N-methyl/N-ethyl adjacent to an activating group) is 1. The Morgan fingerprint density at radius 1 is 1.17 bits per heavy atom. The van der Waals surface area contributed by atoms with Gasteiger partial charge in [-0.1, -0.05) is 24.3 Å². The smallest absolute Gasteiger partial charge is 0.223 e. The van der Waals surface area contributed by atoms with Crippen LogP contribution >= 0.6 is 0 Å². The predicted molar refractivity (Wildman–Crippen MR) is 139 cm³/mol. The Morgan fingerprint density at radius 3 is 2.51 bits per heavy atom. The van der Waals surface area contributed by atoms with Gasteiger partial charge in [-0.05, 0) is 55.5 Å². The SMILES string of the molecule is COc1cc(C)c(S(=O)(=O)CNCCC(=O)N(C)CCc2ccc(C3=NCCN3)cc2)c(C)c1C. The first-order valence-electron chi connectivity index (χ1n) is 11.8. The van der Waals surface area contributed by atoms with E-state index in [1.807, 2.05) is 19.1 Å². The van der Waals surface area contributed by atoms with Gasteiger partial charge >= 0.3 is 0 Å². The maximum absolute atomic E-state index is 13.0. The molecule has 0 saturated carbocycles. The fraction of sp³-hybridized carbons (Fsp3) is 0.462. The van der Waals surface area contributed by atoms with Gasteiger partial charge in [0.25, 0.3) is 0 Å². The fourth-order valence-corrected chi connectivity index (χ4v) is 5.95. The molecule has 2 aromatic rings. The van der Waals surface area contributed by atoms with Gasteiger partial charge in [-0.3, -0.25) is 9.79 Å². The Balaban J connectivity index is 1.45. The molecule has 0 spiro atoms. The van der Waals surface area contributed by atoms with Crippen molar-refractivity contribution in [1.82, 2.24) is 15.5 Å². The fourth-order valence-electron chi connectivity index (χ4n) is 4.22. The van der Waals surface area contributed by atoms with Crippen molar-refractivity contribution in [2.24, 2.45) is 4.99 Å². The molecule has 0 saturated heterocycles. The summed E-state index contributed by atoms with van der Waals surface area (Å²) < 4.78 is 31.3. The minimum absolute atomic E-state index is 0.0244. The van der Waals surface area contributed by atoms with E-state index in [4.69, 9.17) is 4.74 Å². The number of carbonyl (C=O) groups is 1. The molecule has 0 radical (unpaired) electrons. The van der Waals surface area contributed by atoms with Crippen molar-refractivity contribution in [2.45, 2.75) is 38.5 Å². The molecule has 190 valence electrons. The van der Waals surface area contributed by atoms with E-state index in [0.717, 1.165) is 42.0 Å². The van der Waals surface area contributed by atoms with E-state index < -0.39 is 9.84 Å². The monoisotopic (exact) mass is 500 g/mol. The van der Waals surface area contributed by atoms with Crippen LogP contribution in [0, 0.1) is 20.8 Å². The quantitative estimate of drug-likeness (QED) is 0.460. The molecule has 1 aliphatic heterocycles. The van der Waals surface area contributed by atoms with E-state index in [-0.39, 0.29) is 18.2 Å². The third-order valence-electron chi connectivity index (χ3n) is 6.38. The van der Waals surface area contributed by atoms with Crippen LogP contribution in [0.15, 0.2) is 40.2 Å². The van der Waals surface area contributed by atoms with Gasteiger partial charge in [0, 0.05) is 38.7 Å². The van der Waals surface area contributed by atoms with Crippen LogP contribution in [-0.4, -0.2) is 71.3 Å². The van der Waals surface area contributed by atoms with Gasteiger partial charge in [0.15, 0.2) is 9.84 Å². The van der Waals surface area contributed by atoms with Crippen LogP contribution in [-0.2, 0) is 21.1 Å². The lowest BCUT2D eigenvalue weighted by molar-refractivity contribution is -0.129. The molecular weight excluding hydrogens is 464 g/mol. The van der Waals surface area contributed by atoms with E-state index in [1.54, 1.807) is 39.0 Å². The Kier molecular flexibility index (Phi) is 8.91. The van der Waals surface area contributed by atoms with Crippen LogP contribution in [0.5, 0.6) is 5.75 Å². The van der Waals surface area contributed by atoms with Crippen LogP contribution in [0.3, 0.4) is 0 Å². The van der Waals surface area contributed by atoms with E-state index in [0.29, 0.717) is 34.9 Å². The van der Waals surface area contributed by atoms with Gasteiger partial charge in [0.05, 0.1) is 18.6 Å². The number of rotatable bonds is 11. The van der Waals surface area contributed by atoms with Crippen molar-refractivity contribution in [3.05, 3.63) is 58.1 Å². The maximum atomic E-state index is 13.0. The van der Waals surface area contributed by atoms with Gasteiger partial charge in [0.2, 0.25) is 5.91 Å². The molecule has 0 unspecified atom stereocenters. The molecule has 2 N–H and O–H groups in total. The number of aliphatic imine (C=N–C) groups is 1. The number of carbonyl (C=O) groups excluding carboxylic acids is 1. The first-order chi connectivity index (χ1) is 16.6. The first-order valence-corrected chi connectivity index (χ1v) is 13.5. The zero-order valence-corrected chi connectivity index (χ0v) is 22.1. The summed E-state index contributed by atoms with van der Waals surface area (Å²) in [6.07, 6.45) is 0.982. The molecule has 8 nitrogen and oxygen atoms in total. The number of sulfone groups is 1. The van der Waals surface area contributed by atoms with Gasteiger partial charge in [-0.25, -0.2) is 8.42 Å². The number of aryl methyl sites for hydroxylation is 1. The number of methoxy groups -OCH3 is 1. The Morgan fingerprint density at radius 2 is 1.89 bits per heavy atom. The highest BCUT2D eigenvalue weighted by atomic mass is 32.2. The van der Waals surface area contributed by atoms with Crippen LogP contribution in [0.4, 0.5) is 0 Å². The Hall–Kier alpha value is -2.91. The van der Waals surface area contributed by atoms with Crippen LogP contribution in [0.25, 0.3) is 0 Å². The number of nitrogens with zero attached hydrogens (tertiary/aromatic N) is 2. The molecule has 0 fully saturated rings. The second-order valence-electron chi connectivity index (χ2n) is 8.90. The molecule has 3 rings (SSSR count). The highest BCUT2D eigenvalue weighted by molar-refractivity contribution is 7.91. The van der Waals surface area contributed by atoms with Gasteiger partial charge in [-0.15, -0.1) is 0 Å². The second kappa shape index (κ2) is 11.7. The van der Waals surface area contributed by atoms with Crippen molar-refractivity contribution in [3.63, 3.8) is 0 Å². The average Bonchev–Trinajstić information content (AvgIpc) is 3.37. The van der Waals surface area contributed by atoms with E-state index in [1.165, 1.54) is 0 Å². The summed E-state index contributed by atoms with van der Waals surface area (Å²) in [7, 11) is -0.198. The topological polar surface area (TPSA) is 100 Å². The molecule has 1 amide bonds. The molecule has 9 heteroatoms. The van der Waals surface area contributed by atoms with E-state index in [2.05, 4.69) is 27.8 Å². The maximum Gasteiger partial charge on any atom is 0.223 e. The summed E-state index contributed by atoms with van der Waals surface area (Å²) in [6.45, 7) is 8.00. The Bertz CT molecular complexity index is 1190. The summed E-state index contributed by atoms with van der Waals surface area (Å²) in [5.74, 6) is 1.37. The molecular formula is C26H36N4O4S. The number of ether oxygens (including phenoxy) is 1. The summed E-state index contributed by atoms with van der Waals surface area (Å²) in [6, 6.07) is 9.97. The van der Waals surface area contributed by atoms with Crippen molar-refractivity contribution in [3.8, 4) is 5.75 Å². The molecule has 0 atom stereocenters. The van der Waals surface area contributed by atoms with Crippen LogP contribution < -0.4 is 15.4 Å². The third kappa shape index (κ3) is 6.61. The highest BCUT2D eigenvalue weighted by Gasteiger charge is 2.22. The van der Waals surface area contributed by atoms with E-state index in [9.17, 15) is 13.2 Å². The Labute approximate surface area is 208 Å². The van der Waals surface area contributed by atoms with Gasteiger partial charge in [-0.2, -0.15) is 0 Å². The lowest BCUT2D eigenvalue weighted by Crippen LogP contribution is -2.33. The van der Waals surface area contributed by atoms with Crippen molar-refractivity contribution < 1.29 is 17.9 Å². The van der Waals surface area contributed by atoms with E-state index >= 15 is 0 Å². The third-order valence-corrected chi connectivity index (χ3v) is 8.21. The average molecular weight is 501 g/mol. The van der Waals surface area contributed by atoms with Crippen molar-refractivity contribution in [2.75, 3.05) is 46.2 Å². The molecule has 35 heavy (non-hydrogen) atoms. The lowest BCUT2D eigenvalue weighted by atomic mass is 10.1. The highest BCUT2D eigenvalue weighted by Crippen LogP contribution is 2.30. The molecule has 1 heterocycles. The summed E-state index contributed by atoms with van der Waals surface area (Å²) in [4.78, 5) is 18.9. The van der Waals surface area contributed by atoms with Gasteiger partial charge in [0.1, 0.15) is 17.5 Å². The summed E-state index contributed by atoms with van der Waals surface area (Å²) in [5, 5.41) is 6.20. The minimum atomic E-state index is -3.55. The number of hydrogen-bond acceptors (Lipinski definition) is 7. The molecule has 0 aromatic heterocycles. The normalized spacial score (nSPS) is 13.3. The molecule has 1 aliphatic rings. The molecule has 0 bridgehead atoms. The zero-order chi connectivity index (χ0) is 25.6. The largest absolute Gasteiger partial charge is 0.496 e. The van der Waals surface area contributed by atoms with Crippen molar-refractivity contribution >= 4 is 21.6 Å². The summed E-state index contributed by atoms with van der Waals surface area (Å²) in [5.41, 5.74) is 4.39. The van der Waals surface area contributed by atoms with Crippen molar-refractivity contribution in [1.29, 1.82) is 0 Å². The number of amides is 1. The summed E-state index contributed by atoms with van der Waals surface area (Å²) >= 11 is 0. The molecule has 0 aliphatic carbocycles. The minimum Gasteiger partial charge on any atom is -0.496 e. The predicted octanol–water partition coefficient (Wildman–Crippen LogP) is 2.38. The first kappa shape index (κ1) is 26.7. The number of nitrogens with one attached hydrogen (secondary N) is 2. The number of amidine groups is 1. The number of benzene rings is 2. The molecule has 2 aromatic carbocycles. The standard InChI is InChI=1S/C26H36N4O4S/c1-18-16-23(34-5)19(2)20(3)25(18)35(32,33)17-27-12-10-24(31)30(4)15-11-21-6-8-22(9-7-21)26-28-13-14-29-26/h6-9,16,27H,10-15,17H2,1-5H3,(H,28,29). The lowest BCUT2D eigenvalue weighted by Gasteiger charge is -2.18.